The first-order chi connectivity index (χ1) is 17.4. The molecule has 5 rings (SSSR count). The van der Waals surface area contributed by atoms with E-state index in [9.17, 15) is 9.59 Å². The van der Waals surface area contributed by atoms with Gasteiger partial charge in [-0.25, -0.2) is 14.8 Å². The fraction of sp³-hybridized carbons (Fsp3) is 0.0769. The SMILES string of the molecule is COC(=O)c1ccn2c(-c3csc(Nc4ccc(C(=O)Nc5ccccc5N)cc4)n3)c(C)nc2c1. The van der Waals surface area contributed by atoms with Crippen LogP contribution in [0.2, 0.25) is 0 Å². The Morgan fingerprint density at radius 3 is 2.56 bits per heavy atom. The number of benzene rings is 2. The predicted molar refractivity (Wildman–Crippen MR) is 141 cm³/mol. The Kier molecular flexibility index (Phi) is 6.09. The number of ether oxygens (including phenoxy) is 1. The first-order valence-electron chi connectivity index (χ1n) is 11.0. The van der Waals surface area contributed by atoms with Gasteiger partial charge in [-0.05, 0) is 55.5 Å². The average Bonchev–Trinajstić information content (AvgIpc) is 3.47. The van der Waals surface area contributed by atoms with Crippen LogP contribution in [0.1, 0.15) is 26.4 Å². The van der Waals surface area contributed by atoms with Gasteiger partial charge in [0, 0.05) is 22.8 Å². The average molecular weight is 499 g/mol. The Bertz CT molecular complexity index is 1590. The minimum Gasteiger partial charge on any atom is -0.465 e. The molecule has 9 nitrogen and oxygen atoms in total. The van der Waals surface area contributed by atoms with Gasteiger partial charge >= 0.3 is 5.97 Å². The smallest absolute Gasteiger partial charge is 0.338 e. The van der Waals surface area contributed by atoms with E-state index in [2.05, 4.69) is 15.6 Å². The maximum Gasteiger partial charge on any atom is 0.338 e. The van der Waals surface area contributed by atoms with Crippen molar-refractivity contribution in [1.82, 2.24) is 14.4 Å². The number of pyridine rings is 1. The lowest BCUT2D eigenvalue weighted by atomic mass is 10.2. The summed E-state index contributed by atoms with van der Waals surface area (Å²) in [6, 6.07) is 17.6. The number of hydrogen-bond acceptors (Lipinski definition) is 8. The Hall–Kier alpha value is -4.70. The number of methoxy groups -OCH3 is 1. The lowest BCUT2D eigenvalue weighted by molar-refractivity contribution is 0.0600. The highest BCUT2D eigenvalue weighted by atomic mass is 32.1. The van der Waals surface area contributed by atoms with Gasteiger partial charge in [0.05, 0.1) is 35.4 Å². The van der Waals surface area contributed by atoms with Gasteiger partial charge < -0.3 is 21.1 Å². The van der Waals surface area contributed by atoms with Crippen molar-refractivity contribution < 1.29 is 14.3 Å². The highest BCUT2D eigenvalue weighted by molar-refractivity contribution is 7.14. The minimum atomic E-state index is -0.410. The van der Waals surface area contributed by atoms with Gasteiger partial charge in [0.2, 0.25) is 0 Å². The van der Waals surface area contributed by atoms with Crippen LogP contribution in [-0.4, -0.2) is 33.4 Å². The summed E-state index contributed by atoms with van der Waals surface area (Å²) >= 11 is 1.45. The van der Waals surface area contributed by atoms with Gasteiger partial charge in [-0.15, -0.1) is 11.3 Å². The van der Waals surface area contributed by atoms with Crippen molar-refractivity contribution >= 4 is 51.1 Å². The Balaban J connectivity index is 1.32. The molecule has 36 heavy (non-hydrogen) atoms. The number of carbonyl (C=O) groups is 2. The zero-order valence-corrected chi connectivity index (χ0v) is 20.3. The summed E-state index contributed by atoms with van der Waals surface area (Å²) in [5.41, 5.74) is 11.8. The number of anilines is 4. The third-order valence-electron chi connectivity index (χ3n) is 5.58. The van der Waals surface area contributed by atoms with Gasteiger partial charge in [-0.1, -0.05) is 12.1 Å². The summed E-state index contributed by atoms with van der Waals surface area (Å²) in [5.74, 6) is -0.651. The number of nitrogens with two attached hydrogens (primary N) is 1. The van der Waals surface area contributed by atoms with Gasteiger partial charge in [-0.2, -0.15) is 0 Å². The second kappa shape index (κ2) is 9.51. The fourth-order valence-electron chi connectivity index (χ4n) is 3.79. The monoisotopic (exact) mass is 498 g/mol. The van der Waals surface area contributed by atoms with Crippen LogP contribution in [-0.2, 0) is 4.74 Å². The van der Waals surface area contributed by atoms with Crippen molar-refractivity contribution in [2.24, 2.45) is 0 Å². The first kappa shape index (κ1) is 23.1. The van der Waals surface area contributed by atoms with E-state index in [1.807, 2.05) is 41.0 Å². The van der Waals surface area contributed by atoms with Crippen LogP contribution in [0.25, 0.3) is 17.0 Å². The molecule has 0 radical (unpaired) electrons. The number of rotatable bonds is 6. The normalized spacial score (nSPS) is 10.8. The predicted octanol–water partition coefficient (Wildman–Crippen LogP) is 5.13. The van der Waals surface area contributed by atoms with Crippen molar-refractivity contribution in [3.63, 3.8) is 0 Å². The molecule has 5 aromatic rings. The van der Waals surface area contributed by atoms with E-state index in [0.29, 0.717) is 33.3 Å². The maximum atomic E-state index is 12.6. The molecule has 180 valence electrons. The van der Waals surface area contributed by atoms with Crippen LogP contribution in [0.3, 0.4) is 0 Å². The molecule has 2 aromatic carbocycles. The van der Waals surface area contributed by atoms with Crippen molar-refractivity contribution in [2.45, 2.75) is 6.92 Å². The van der Waals surface area contributed by atoms with E-state index in [1.165, 1.54) is 18.4 Å². The second-order valence-electron chi connectivity index (χ2n) is 7.96. The van der Waals surface area contributed by atoms with E-state index in [4.69, 9.17) is 15.5 Å². The van der Waals surface area contributed by atoms with Crippen molar-refractivity contribution in [1.29, 1.82) is 0 Å². The van der Waals surface area contributed by atoms with Crippen molar-refractivity contribution in [3.8, 4) is 11.4 Å². The van der Waals surface area contributed by atoms with Gasteiger partial charge in [-0.3, -0.25) is 9.20 Å². The van der Waals surface area contributed by atoms with Crippen LogP contribution in [0.4, 0.5) is 22.2 Å². The number of nitrogen functional groups attached to an aromatic ring is 1. The number of fused-ring (bicyclic) bond motifs is 1. The molecule has 0 bridgehead atoms. The number of carbonyl (C=O) groups excluding carboxylic acids is 2. The van der Waals surface area contributed by atoms with Crippen molar-refractivity contribution in [3.05, 3.63) is 89.1 Å². The number of aryl methyl sites for hydroxylation is 1. The number of nitrogens with one attached hydrogen (secondary N) is 2. The Morgan fingerprint density at radius 2 is 1.81 bits per heavy atom. The third kappa shape index (κ3) is 4.49. The number of nitrogens with zero attached hydrogens (tertiary/aromatic N) is 3. The van der Waals surface area contributed by atoms with E-state index >= 15 is 0 Å². The van der Waals surface area contributed by atoms with Crippen LogP contribution in [0.15, 0.2) is 72.2 Å². The van der Waals surface area contributed by atoms with Crippen LogP contribution in [0, 0.1) is 6.92 Å². The summed E-state index contributed by atoms with van der Waals surface area (Å²) in [4.78, 5) is 33.7. The van der Waals surface area contributed by atoms with Gasteiger partial charge in [0.15, 0.2) is 5.13 Å². The van der Waals surface area contributed by atoms with Crippen LogP contribution in [0.5, 0.6) is 0 Å². The number of hydrogen-bond donors (Lipinski definition) is 3. The second-order valence-corrected chi connectivity index (χ2v) is 8.82. The molecule has 4 N–H and O–H groups in total. The molecule has 0 unspecified atom stereocenters. The van der Waals surface area contributed by atoms with Gasteiger partial charge in [0.25, 0.3) is 5.91 Å². The molecule has 1 amide bonds. The summed E-state index contributed by atoms with van der Waals surface area (Å²) in [7, 11) is 1.35. The minimum absolute atomic E-state index is 0.241. The lowest BCUT2D eigenvalue weighted by Gasteiger charge is -2.08. The third-order valence-corrected chi connectivity index (χ3v) is 6.33. The largest absolute Gasteiger partial charge is 0.465 e. The van der Waals surface area contributed by atoms with E-state index in [1.54, 1.807) is 42.6 Å². The van der Waals surface area contributed by atoms with E-state index < -0.39 is 5.97 Å². The number of aromatic nitrogens is 3. The number of amides is 1. The summed E-state index contributed by atoms with van der Waals surface area (Å²) < 4.78 is 6.69. The molecule has 3 heterocycles. The summed E-state index contributed by atoms with van der Waals surface area (Å²) in [6.07, 6.45) is 1.79. The molecule has 0 fully saturated rings. The topological polar surface area (TPSA) is 124 Å². The number of para-hydroxylation sites is 2. The molecule has 3 aromatic heterocycles. The van der Waals surface area contributed by atoms with Crippen molar-refractivity contribution in [2.75, 3.05) is 23.5 Å². The van der Waals surface area contributed by atoms with Crippen LogP contribution >= 0.6 is 11.3 Å². The molecular weight excluding hydrogens is 476 g/mol. The molecule has 0 saturated heterocycles. The zero-order valence-electron chi connectivity index (χ0n) is 19.5. The first-order valence-corrected chi connectivity index (χ1v) is 11.9. The van der Waals surface area contributed by atoms with Crippen LogP contribution < -0.4 is 16.4 Å². The quantitative estimate of drug-likeness (QED) is 0.219. The maximum absolute atomic E-state index is 12.6. The number of esters is 1. The molecule has 0 spiro atoms. The molecule has 0 aliphatic heterocycles. The highest BCUT2D eigenvalue weighted by Crippen LogP contribution is 2.30. The summed E-state index contributed by atoms with van der Waals surface area (Å²) in [5, 5.41) is 8.73. The van der Waals surface area contributed by atoms with E-state index in [-0.39, 0.29) is 5.91 Å². The zero-order chi connectivity index (χ0) is 25.2. The molecule has 0 saturated carbocycles. The standard InChI is InChI=1S/C26H22N6O3S/c1-15-23(32-12-11-17(25(34)35-2)13-22(32)28-15)21-14-36-26(31-21)29-18-9-7-16(8-10-18)24(33)30-20-6-4-3-5-19(20)27/h3-14H,27H2,1-2H3,(H,29,31)(H,30,33). The molecule has 0 atom stereocenters. The molecule has 0 aliphatic rings. The number of imidazole rings is 1. The summed E-state index contributed by atoms with van der Waals surface area (Å²) in [6.45, 7) is 1.90. The Morgan fingerprint density at radius 1 is 1.03 bits per heavy atom. The fourth-order valence-corrected chi connectivity index (χ4v) is 4.50. The molecule has 10 heteroatoms. The van der Waals surface area contributed by atoms with Gasteiger partial charge in [0.1, 0.15) is 11.3 Å². The molecule has 0 aliphatic carbocycles. The molecular formula is C26H22N6O3S. The highest BCUT2D eigenvalue weighted by Gasteiger charge is 2.16. The lowest BCUT2D eigenvalue weighted by Crippen LogP contribution is -2.13. The Labute approximate surface area is 210 Å². The van der Waals surface area contributed by atoms with E-state index in [0.717, 1.165) is 22.8 Å². The number of thiazole rings is 1.